The van der Waals surface area contributed by atoms with Crippen molar-refractivity contribution in [1.29, 1.82) is 0 Å². The molecule has 1 aromatic heterocycles. The fraction of sp³-hybridized carbons (Fsp3) is 0.182. The maximum absolute atomic E-state index is 11.9. The SMILES string of the molecule is COc1ccc(C(=O)Nc2nnc(C)s2)cc1O. The van der Waals surface area contributed by atoms with E-state index in [0.29, 0.717) is 16.4 Å². The number of aromatic nitrogens is 2. The summed E-state index contributed by atoms with van der Waals surface area (Å²) < 4.78 is 4.90. The van der Waals surface area contributed by atoms with Crippen LogP contribution in [0.1, 0.15) is 15.4 Å². The van der Waals surface area contributed by atoms with Crippen LogP contribution in [-0.4, -0.2) is 28.3 Å². The number of hydrogen-bond acceptors (Lipinski definition) is 6. The Balaban J connectivity index is 2.16. The molecule has 0 atom stereocenters. The van der Waals surface area contributed by atoms with E-state index >= 15 is 0 Å². The number of aryl methyl sites for hydroxylation is 1. The van der Waals surface area contributed by atoms with Crippen molar-refractivity contribution in [2.45, 2.75) is 6.92 Å². The molecule has 18 heavy (non-hydrogen) atoms. The van der Waals surface area contributed by atoms with Gasteiger partial charge in [0.05, 0.1) is 7.11 Å². The zero-order valence-electron chi connectivity index (χ0n) is 9.80. The van der Waals surface area contributed by atoms with Gasteiger partial charge in [-0.1, -0.05) is 11.3 Å². The van der Waals surface area contributed by atoms with E-state index in [1.807, 2.05) is 0 Å². The fourth-order valence-corrected chi connectivity index (χ4v) is 1.93. The molecule has 0 unspecified atom stereocenters. The lowest BCUT2D eigenvalue weighted by Gasteiger charge is -2.05. The number of benzene rings is 1. The number of nitrogens with one attached hydrogen (secondary N) is 1. The van der Waals surface area contributed by atoms with Crippen molar-refractivity contribution >= 4 is 22.4 Å². The zero-order valence-corrected chi connectivity index (χ0v) is 10.6. The summed E-state index contributed by atoms with van der Waals surface area (Å²) in [5.74, 6) is -0.124. The second-order valence-electron chi connectivity index (χ2n) is 3.47. The molecule has 0 aliphatic heterocycles. The summed E-state index contributed by atoms with van der Waals surface area (Å²) in [5.41, 5.74) is 0.321. The van der Waals surface area contributed by atoms with Gasteiger partial charge in [-0.05, 0) is 25.1 Å². The molecule has 0 spiro atoms. The smallest absolute Gasteiger partial charge is 0.257 e. The molecule has 0 radical (unpaired) electrons. The van der Waals surface area contributed by atoms with Crippen LogP contribution in [0.2, 0.25) is 0 Å². The predicted octanol–water partition coefficient (Wildman–Crippen LogP) is 1.81. The van der Waals surface area contributed by atoms with Crippen molar-refractivity contribution < 1.29 is 14.6 Å². The Labute approximate surface area is 107 Å². The minimum absolute atomic E-state index is 0.0846. The van der Waals surface area contributed by atoms with Crippen LogP contribution in [-0.2, 0) is 0 Å². The van der Waals surface area contributed by atoms with E-state index in [4.69, 9.17) is 4.74 Å². The maximum atomic E-state index is 11.9. The lowest BCUT2D eigenvalue weighted by Crippen LogP contribution is -2.11. The van der Waals surface area contributed by atoms with Crippen LogP contribution in [0.3, 0.4) is 0 Å². The molecule has 0 aliphatic rings. The summed E-state index contributed by atoms with van der Waals surface area (Å²) in [7, 11) is 1.44. The van der Waals surface area contributed by atoms with Crippen molar-refractivity contribution in [2.75, 3.05) is 12.4 Å². The van der Waals surface area contributed by atoms with Crippen LogP contribution < -0.4 is 10.1 Å². The molecule has 1 aromatic carbocycles. The zero-order chi connectivity index (χ0) is 13.1. The molecule has 0 aliphatic carbocycles. The van der Waals surface area contributed by atoms with Gasteiger partial charge >= 0.3 is 0 Å². The summed E-state index contributed by atoms with van der Waals surface area (Å²) in [6, 6.07) is 4.42. The largest absolute Gasteiger partial charge is 0.504 e. The molecule has 0 saturated heterocycles. The molecule has 1 heterocycles. The maximum Gasteiger partial charge on any atom is 0.257 e. The van der Waals surface area contributed by atoms with Crippen molar-refractivity contribution in [3.63, 3.8) is 0 Å². The highest BCUT2D eigenvalue weighted by atomic mass is 32.1. The number of rotatable bonds is 3. The van der Waals surface area contributed by atoms with Crippen LogP contribution in [0.25, 0.3) is 0 Å². The predicted molar refractivity (Wildman–Crippen MR) is 67.3 cm³/mol. The van der Waals surface area contributed by atoms with Gasteiger partial charge in [0.25, 0.3) is 5.91 Å². The van der Waals surface area contributed by atoms with Gasteiger partial charge in [0.15, 0.2) is 11.5 Å². The number of phenols is 1. The number of ether oxygens (including phenoxy) is 1. The first-order valence-corrected chi connectivity index (χ1v) is 5.90. The number of anilines is 1. The van der Waals surface area contributed by atoms with E-state index in [2.05, 4.69) is 15.5 Å². The van der Waals surface area contributed by atoms with Crippen LogP contribution in [0, 0.1) is 6.92 Å². The van der Waals surface area contributed by atoms with Crippen LogP contribution in [0.4, 0.5) is 5.13 Å². The minimum atomic E-state index is -0.357. The summed E-state index contributed by atoms with van der Waals surface area (Å²) in [6.07, 6.45) is 0. The van der Waals surface area contributed by atoms with E-state index < -0.39 is 0 Å². The molecule has 2 N–H and O–H groups in total. The average Bonchev–Trinajstić information content (AvgIpc) is 2.74. The second-order valence-corrected chi connectivity index (χ2v) is 4.65. The third kappa shape index (κ3) is 2.57. The number of carbonyl (C=O) groups excluding carboxylic acids is 1. The van der Waals surface area contributed by atoms with E-state index in [0.717, 1.165) is 5.01 Å². The van der Waals surface area contributed by atoms with Crippen molar-refractivity contribution in [2.24, 2.45) is 0 Å². The number of aromatic hydroxyl groups is 1. The molecule has 7 heteroatoms. The van der Waals surface area contributed by atoms with Gasteiger partial charge in [0, 0.05) is 5.56 Å². The summed E-state index contributed by atoms with van der Waals surface area (Å²) in [5, 5.41) is 20.9. The Morgan fingerprint density at radius 3 is 2.78 bits per heavy atom. The lowest BCUT2D eigenvalue weighted by atomic mass is 10.2. The molecule has 94 valence electrons. The van der Waals surface area contributed by atoms with Gasteiger partial charge in [-0.3, -0.25) is 10.1 Å². The van der Waals surface area contributed by atoms with E-state index in [9.17, 15) is 9.90 Å². The van der Waals surface area contributed by atoms with Crippen LogP contribution in [0.5, 0.6) is 11.5 Å². The Morgan fingerprint density at radius 1 is 1.44 bits per heavy atom. The van der Waals surface area contributed by atoms with Gasteiger partial charge < -0.3 is 9.84 Å². The third-order valence-corrected chi connectivity index (χ3v) is 2.94. The number of carbonyl (C=O) groups is 1. The quantitative estimate of drug-likeness (QED) is 0.884. The molecule has 6 nitrogen and oxygen atoms in total. The minimum Gasteiger partial charge on any atom is -0.504 e. The van der Waals surface area contributed by atoms with E-state index in [-0.39, 0.29) is 11.7 Å². The highest BCUT2D eigenvalue weighted by molar-refractivity contribution is 7.15. The number of amides is 1. The van der Waals surface area contributed by atoms with Crippen molar-refractivity contribution in [3.05, 3.63) is 28.8 Å². The fourth-order valence-electron chi connectivity index (χ4n) is 1.35. The Hall–Kier alpha value is -2.15. The molecule has 0 fully saturated rings. The van der Waals surface area contributed by atoms with Crippen LogP contribution in [0.15, 0.2) is 18.2 Å². The molecule has 2 rings (SSSR count). The summed E-state index contributed by atoms with van der Waals surface area (Å²) >= 11 is 1.28. The Morgan fingerprint density at radius 2 is 2.22 bits per heavy atom. The molecular weight excluding hydrogens is 254 g/mol. The third-order valence-electron chi connectivity index (χ3n) is 2.19. The number of hydrogen-bond donors (Lipinski definition) is 2. The number of methoxy groups -OCH3 is 1. The van der Waals surface area contributed by atoms with E-state index in [1.165, 1.54) is 30.6 Å². The first-order chi connectivity index (χ1) is 8.60. The number of nitrogens with zero attached hydrogens (tertiary/aromatic N) is 2. The van der Waals surface area contributed by atoms with Crippen molar-refractivity contribution in [1.82, 2.24) is 10.2 Å². The molecule has 0 saturated carbocycles. The monoisotopic (exact) mass is 265 g/mol. The van der Waals surface area contributed by atoms with Gasteiger partial charge in [-0.15, -0.1) is 10.2 Å². The molecule has 0 bridgehead atoms. The topological polar surface area (TPSA) is 84.3 Å². The van der Waals surface area contributed by atoms with Crippen molar-refractivity contribution in [3.8, 4) is 11.5 Å². The number of phenolic OH excluding ortho intramolecular Hbond substituents is 1. The second kappa shape index (κ2) is 5.01. The van der Waals surface area contributed by atoms with Gasteiger partial charge in [-0.25, -0.2) is 0 Å². The van der Waals surface area contributed by atoms with Gasteiger partial charge in [-0.2, -0.15) is 0 Å². The molecule has 1 amide bonds. The lowest BCUT2D eigenvalue weighted by molar-refractivity contribution is 0.102. The molecule has 2 aromatic rings. The van der Waals surface area contributed by atoms with Crippen LogP contribution >= 0.6 is 11.3 Å². The highest BCUT2D eigenvalue weighted by Gasteiger charge is 2.11. The highest BCUT2D eigenvalue weighted by Crippen LogP contribution is 2.26. The Bertz CT molecular complexity index is 583. The molecular formula is C11H11N3O3S. The standard InChI is InChI=1S/C11H11N3O3S/c1-6-13-14-11(18-6)12-10(16)7-3-4-9(17-2)8(15)5-7/h3-5,15H,1-2H3,(H,12,14,16). The summed E-state index contributed by atoms with van der Waals surface area (Å²) in [4.78, 5) is 11.9. The van der Waals surface area contributed by atoms with E-state index in [1.54, 1.807) is 13.0 Å². The first kappa shape index (κ1) is 12.3. The average molecular weight is 265 g/mol. The first-order valence-electron chi connectivity index (χ1n) is 5.08. The Kier molecular flexibility index (Phi) is 3.42. The normalized spacial score (nSPS) is 10.1. The van der Waals surface area contributed by atoms with Gasteiger partial charge in [0.2, 0.25) is 5.13 Å². The van der Waals surface area contributed by atoms with Gasteiger partial charge in [0.1, 0.15) is 5.01 Å². The summed E-state index contributed by atoms with van der Waals surface area (Å²) in [6.45, 7) is 1.80.